The van der Waals surface area contributed by atoms with E-state index >= 15 is 0 Å². The third kappa shape index (κ3) is 6.29. The molecule has 0 bridgehead atoms. The Hall–Kier alpha value is -2.73. The standard InChI is InChI=1S/C20H23FN2O3/c1-3-25-12-13-26-20(22-15(2)16-8-5-4-6-9-16)23-19(24)17-10-7-11-18(21)14-17/h4-11,14-15H,3,12-13H2,1-2H3,(H,22,23,24)/t15-/m1/s1. The third-order valence-electron chi connectivity index (χ3n) is 3.57. The van der Waals surface area contributed by atoms with Crippen molar-refractivity contribution in [3.05, 3.63) is 71.5 Å². The van der Waals surface area contributed by atoms with Crippen LogP contribution in [0.2, 0.25) is 0 Å². The molecule has 0 heterocycles. The van der Waals surface area contributed by atoms with Crippen molar-refractivity contribution in [2.45, 2.75) is 19.9 Å². The van der Waals surface area contributed by atoms with Gasteiger partial charge in [0.2, 0.25) is 0 Å². The summed E-state index contributed by atoms with van der Waals surface area (Å²) in [5.41, 5.74) is 1.18. The summed E-state index contributed by atoms with van der Waals surface area (Å²) in [6.07, 6.45) is 0. The summed E-state index contributed by atoms with van der Waals surface area (Å²) >= 11 is 0. The normalized spacial score (nSPS) is 12.5. The number of aliphatic imine (C=N–C) groups is 1. The summed E-state index contributed by atoms with van der Waals surface area (Å²) in [7, 11) is 0. The molecule has 0 fully saturated rings. The Morgan fingerprint density at radius 3 is 2.62 bits per heavy atom. The van der Waals surface area contributed by atoms with Gasteiger partial charge in [0.25, 0.3) is 11.9 Å². The quantitative estimate of drug-likeness (QED) is 0.466. The van der Waals surface area contributed by atoms with Crippen molar-refractivity contribution in [2.24, 2.45) is 4.99 Å². The van der Waals surface area contributed by atoms with Crippen molar-refractivity contribution in [1.82, 2.24) is 5.32 Å². The van der Waals surface area contributed by atoms with Gasteiger partial charge in [0, 0.05) is 12.2 Å². The van der Waals surface area contributed by atoms with Crippen LogP contribution in [0.4, 0.5) is 4.39 Å². The van der Waals surface area contributed by atoms with Gasteiger partial charge in [0.05, 0.1) is 12.6 Å². The fourth-order valence-electron chi connectivity index (χ4n) is 2.23. The monoisotopic (exact) mass is 358 g/mol. The average Bonchev–Trinajstić information content (AvgIpc) is 2.65. The van der Waals surface area contributed by atoms with Crippen LogP contribution in [0.3, 0.4) is 0 Å². The van der Waals surface area contributed by atoms with Crippen molar-refractivity contribution in [2.75, 3.05) is 19.8 Å². The highest BCUT2D eigenvalue weighted by Gasteiger charge is 2.13. The van der Waals surface area contributed by atoms with Gasteiger partial charge in [-0.15, -0.1) is 0 Å². The number of rotatable bonds is 7. The fourth-order valence-corrected chi connectivity index (χ4v) is 2.23. The summed E-state index contributed by atoms with van der Waals surface area (Å²) in [4.78, 5) is 16.8. The smallest absolute Gasteiger partial charge is 0.292 e. The maximum Gasteiger partial charge on any atom is 0.292 e. The molecule has 1 N–H and O–H groups in total. The lowest BCUT2D eigenvalue weighted by molar-refractivity contribution is 0.0921. The molecule has 2 rings (SSSR count). The number of carbonyl (C=O) groups is 1. The SMILES string of the molecule is CCOCCOC(=N[C@H](C)c1ccccc1)NC(=O)c1cccc(F)c1. The first-order valence-electron chi connectivity index (χ1n) is 8.50. The Balaban J connectivity index is 2.11. The van der Waals surface area contributed by atoms with Crippen LogP contribution in [-0.4, -0.2) is 31.7 Å². The first-order valence-corrected chi connectivity index (χ1v) is 8.50. The van der Waals surface area contributed by atoms with Crippen LogP contribution < -0.4 is 5.32 Å². The van der Waals surface area contributed by atoms with Crippen molar-refractivity contribution < 1.29 is 18.7 Å². The van der Waals surface area contributed by atoms with E-state index in [0.717, 1.165) is 11.6 Å². The number of halogens is 1. The molecule has 26 heavy (non-hydrogen) atoms. The molecular formula is C20H23FN2O3. The number of hydrogen-bond acceptors (Lipinski definition) is 4. The van der Waals surface area contributed by atoms with Crippen LogP contribution in [0.1, 0.15) is 35.8 Å². The zero-order valence-electron chi connectivity index (χ0n) is 14.9. The van der Waals surface area contributed by atoms with E-state index in [9.17, 15) is 9.18 Å². The van der Waals surface area contributed by atoms with E-state index in [-0.39, 0.29) is 24.2 Å². The second-order valence-corrected chi connectivity index (χ2v) is 5.53. The van der Waals surface area contributed by atoms with Gasteiger partial charge in [0.15, 0.2) is 0 Å². The summed E-state index contributed by atoms with van der Waals surface area (Å²) in [5.74, 6) is -0.967. The third-order valence-corrected chi connectivity index (χ3v) is 3.57. The molecule has 0 aliphatic heterocycles. The highest BCUT2D eigenvalue weighted by Crippen LogP contribution is 2.16. The van der Waals surface area contributed by atoms with E-state index in [1.807, 2.05) is 44.2 Å². The Labute approximate surface area is 152 Å². The summed E-state index contributed by atoms with van der Waals surface area (Å²) < 4.78 is 24.1. The fraction of sp³-hybridized carbons (Fsp3) is 0.300. The number of nitrogens with zero attached hydrogens (tertiary/aromatic N) is 1. The molecule has 2 aromatic rings. The molecule has 0 aliphatic carbocycles. The minimum Gasteiger partial charge on any atom is -0.463 e. The molecule has 138 valence electrons. The van der Waals surface area contributed by atoms with Crippen LogP contribution in [0.25, 0.3) is 0 Å². The molecule has 2 aromatic carbocycles. The van der Waals surface area contributed by atoms with E-state index in [1.165, 1.54) is 18.2 Å². The summed E-state index contributed by atoms with van der Waals surface area (Å²) in [6, 6.07) is 15.0. The molecule has 1 amide bonds. The highest BCUT2D eigenvalue weighted by molar-refractivity contribution is 6.04. The van der Waals surface area contributed by atoms with E-state index in [2.05, 4.69) is 10.3 Å². The molecule has 1 atom stereocenters. The van der Waals surface area contributed by atoms with Gasteiger partial charge in [-0.2, -0.15) is 0 Å². The predicted molar refractivity (Wildman–Crippen MR) is 98.6 cm³/mol. The van der Waals surface area contributed by atoms with Gasteiger partial charge in [-0.05, 0) is 37.6 Å². The number of ether oxygens (including phenoxy) is 2. The maximum absolute atomic E-state index is 13.3. The van der Waals surface area contributed by atoms with Crippen molar-refractivity contribution in [3.8, 4) is 0 Å². The minimum absolute atomic E-state index is 0.0790. The summed E-state index contributed by atoms with van der Waals surface area (Å²) in [6.45, 7) is 4.99. The number of carbonyl (C=O) groups excluding carboxylic acids is 1. The number of benzene rings is 2. The number of nitrogens with one attached hydrogen (secondary N) is 1. The average molecular weight is 358 g/mol. The van der Waals surface area contributed by atoms with Crippen molar-refractivity contribution >= 4 is 11.9 Å². The Morgan fingerprint density at radius 1 is 1.15 bits per heavy atom. The first-order chi connectivity index (χ1) is 12.6. The number of amides is 1. The molecular weight excluding hydrogens is 335 g/mol. The minimum atomic E-state index is -0.486. The Kier molecular flexibility index (Phi) is 7.76. The lowest BCUT2D eigenvalue weighted by atomic mass is 10.1. The molecule has 0 radical (unpaired) electrons. The number of amidine groups is 1. The molecule has 5 nitrogen and oxygen atoms in total. The molecule has 0 unspecified atom stereocenters. The van der Waals surface area contributed by atoms with E-state index in [0.29, 0.717) is 13.2 Å². The zero-order chi connectivity index (χ0) is 18.8. The molecule has 6 heteroatoms. The van der Waals surface area contributed by atoms with Crippen LogP contribution in [0.5, 0.6) is 0 Å². The molecule has 0 saturated carbocycles. The van der Waals surface area contributed by atoms with Crippen LogP contribution >= 0.6 is 0 Å². The molecule has 0 saturated heterocycles. The van der Waals surface area contributed by atoms with Crippen molar-refractivity contribution in [1.29, 1.82) is 0 Å². The summed E-state index contributed by atoms with van der Waals surface area (Å²) in [5, 5.41) is 2.60. The van der Waals surface area contributed by atoms with Crippen LogP contribution in [-0.2, 0) is 9.47 Å². The van der Waals surface area contributed by atoms with Gasteiger partial charge in [-0.3, -0.25) is 10.1 Å². The second-order valence-electron chi connectivity index (χ2n) is 5.53. The van der Waals surface area contributed by atoms with E-state index in [1.54, 1.807) is 0 Å². The first kappa shape index (κ1) is 19.6. The van der Waals surface area contributed by atoms with E-state index < -0.39 is 11.7 Å². The van der Waals surface area contributed by atoms with Gasteiger partial charge in [0.1, 0.15) is 12.4 Å². The van der Waals surface area contributed by atoms with Crippen LogP contribution in [0.15, 0.2) is 59.6 Å². The lowest BCUT2D eigenvalue weighted by Gasteiger charge is -2.14. The highest BCUT2D eigenvalue weighted by atomic mass is 19.1. The maximum atomic E-state index is 13.3. The zero-order valence-corrected chi connectivity index (χ0v) is 14.9. The predicted octanol–water partition coefficient (Wildman–Crippen LogP) is 3.73. The number of hydrogen-bond donors (Lipinski definition) is 1. The van der Waals surface area contributed by atoms with Crippen molar-refractivity contribution in [3.63, 3.8) is 0 Å². The molecule has 0 aliphatic rings. The van der Waals surface area contributed by atoms with E-state index in [4.69, 9.17) is 9.47 Å². The Morgan fingerprint density at radius 2 is 1.92 bits per heavy atom. The molecule has 0 spiro atoms. The van der Waals surface area contributed by atoms with Gasteiger partial charge in [-0.1, -0.05) is 36.4 Å². The van der Waals surface area contributed by atoms with Gasteiger partial charge < -0.3 is 9.47 Å². The van der Waals surface area contributed by atoms with Gasteiger partial charge in [-0.25, -0.2) is 9.38 Å². The lowest BCUT2D eigenvalue weighted by Crippen LogP contribution is -2.33. The topological polar surface area (TPSA) is 59.9 Å². The van der Waals surface area contributed by atoms with Gasteiger partial charge >= 0.3 is 0 Å². The molecule has 0 aromatic heterocycles. The Bertz CT molecular complexity index is 735. The van der Waals surface area contributed by atoms with Crippen LogP contribution in [0, 0.1) is 5.82 Å². The largest absolute Gasteiger partial charge is 0.463 e. The second kappa shape index (κ2) is 10.3.